The van der Waals surface area contributed by atoms with Crippen molar-refractivity contribution in [2.45, 2.75) is 245 Å². The molecule has 4 amide bonds. The van der Waals surface area contributed by atoms with Gasteiger partial charge >= 0.3 is 41.9 Å². The summed E-state index contributed by atoms with van der Waals surface area (Å²) in [6.07, 6.45) is 6.15. The number of likely N-dealkylation sites (N-methyl/N-ethyl adjacent to an activating group) is 4. The molecule has 7 aliphatic heterocycles. The van der Waals surface area contributed by atoms with E-state index < -0.39 is 99.2 Å². The summed E-state index contributed by atoms with van der Waals surface area (Å²) in [4.78, 5) is 139. The Morgan fingerprint density at radius 1 is 0.453 bits per heavy atom. The van der Waals surface area contributed by atoms with Crippen LogP contribution in [0.4, 0.5) is 21.9 Å². The molecule has 0 radical (unpaired) electrons. The van der Waals surface area contributed by atoms with Crippen LogP contribution in [0.5, 0.6) is 34.5 Å². The number of anilines is 2. The fourth-order valence-electron chi connectivity index (χ4n) is 17.0. The van der Waals surface area contributed by atoms with Crippen molar-refractivity contribution < 1.29 is 162 Å². The van der Waals surface area contributed by atoms with E-state index in [2.05, 4.69) is 15.0 Å². The van der Waals surface area contributed by atoms with Crippen molar-refractivity contribution in [2.75, 3.05) is 154 Å². The lowest BCUT2D eigenvalue weighted by Gasteiger charge is -2.25. The molecule has 0 spiro atoms. The van der Waals surface area contributed by atoms with Gasteiger partial charge in [0.15, 0.2) is 34.5 Å². The molecule has 0 unspecified atom stereocenters. The second-order valence-electron chi connectivity index (χ2n) is 34.7. The predicted molar refractivity (Wildman–Crippen MR) is 499 cm³/mol. The zero-order chi connectivity index (χ0) is 103. The van der Waals surface area contributed by atoms with E-state index in [0.29, 0.717) is 102 Å². The van der Waals surface area contributed by atoms with E-state index >= 15 is 0 Å². The molecule has 7 saturated heterocycles. The van der Waals surface area contributed by atoms with Crippen molar-refractivity contribution >= 4 is 111 Å². The van der Waals surface area contributed by atoms with E-state index in [4.69, 9.17) is 124 Å². The van der Waals surface area contributed by atoms with Gasteiger partial charge in [0.25, 0.3) is 23.4 Å². The molecule has 0 aromatic heterocycles. The third kappa shape index (κ3) is 39.2. The Bertz CT molecular complexity index is 4390. The molecule has 3 aromatic carbocycles. The van der Waals surface area contributed by atoms with Crippen LogP contribution in [0.25, 0.3) is 0 Å². The van der Waals surface area contributed by atoms with Crippen molar-refractivity contribution in [3.05, 3.63) is 63.2 Å². The topological polar surface area (TPSA) is 610 Å². The lowest BCUT2D eigenvalue weighted by atomic mass is 10.1. The number of carbonyl (C=O) groups is 10. The monoisotopic (exact) mass is 2010 g/mol. The number of aliphatic carboxylic acids is 2. The van der Waals surface area contributed by atoms with Crippen LogP contribution in [0.15, 0.2) is 36.4 Å². The number of nitro benzene ring substituents is 1. The van der Waals surface area contributed by atoms with Crippen molar-refractivity contribution in [2.24, 2.45) is 11.8 Å². The number of hydrogen-bond acceptors (Lipinski definition) is 37. The molecular formula is C90H141Cl3N10O34. The summed E-state index contributed by atoms with van der Waals surface area (Å²) in [5.41, 5.74) is 5.80. The van der Waals surface area contributed by atoms with Gasteiger partial charge in [-0.3, -0.25) is 78.2 Å². The Hall–Kier alpha value is -9.01. The van der Waals surface area contributed by atoms with Crippen molar-refractivity contribution in [3.63, 3.8) is 0 Å². The number of benzene rings is 3. The van der Waals surface area contributed by atoms with Gasteiger partial charge in [-0.15, -0.1) is 0 Å². The number of β-amino-alcohol motifs (C(OH)–C–C–N with tert-alkyl or cyclic N) is 7. The summed E-state index contributed by atoms with van der Waals surface area (Å²) in [5, 5.41) is 123. The smallest absolute Gasteiger partial charge is 0.411 e. The van der Waals surface area contributed by atoms with Crippen LogP contribution in [0, 0.1) is 22.0 Å². The molecule has 12 rings (SSSR count). The predicted octanol–water partition coefficient (Wildman–Crippen LogP) is 4.35. The molecule has 2 saturated carbocycles. The number of aliphatic hydroxyl groups excluding tert-OH is 10. The number of likely N-dealkylation sites (tertiary alicyclic amines) is 7. The average molecular weight is 2010 g/mol. The summed E-state index contributed by atoms with van der Waals surface area (Å²) in [6, 6.07) is 7.12. The number of alkyl halides is 3. The van der Waals surface area contributed by atoms with Crippen molar-refractivity contribution in [1.29, 1.82) is 0 Å². The van der Waals surface area contributed by atoms with Crippen LogP contribution >= 0.6 is 34.8 Å². The highest BCUT2D eigenvalue weighted by Crippen LogP contribution is 2.41. The molecule has 3 aromatic rings. The first-order chi connectivity index (χ1) is 64.3. The number of ether oxygens (including phenoxy) is 10. The molecule has 9 fully saturated rings. The van der Waals surface area contributed by atoms with Gasteiger partial charge in [-0.1, -0.05) is 55.6 Å². The van der Waals surface area contributed by atoms with Gasteiger partial charge in [-0.2, -0.15) is 0 Å². The Balaban J connectivity index is 0.000000336. The highest BCUT2D eigenvalue weighted by atomic mass is 35.6. The maximum atomic E-state index is 13.3. The van der Waals surface area contributed by atoms with Gasteiger partial charge in [-0.25, -0.2) is 4.79 Å². The zero-order valence-corrected chi connectivity index (χ0v) is 82.9. The van der Waals surface area contributed by atoms with Gasteiger partial charge in [-0.05, 0) is 136 Å². The number of rotatable bonds is 23. The zero-order valence-electron chi connectivity index (χ0n) is 80.6. The van der Waals surface area contributed by atoms with Crippen LogP contribution in [0.3, 0.4) is 0 Å². The minimum absolute atomic E-state index is 0.00684. The number of esters is 4. The lowest BCUT2D eigenvalue weighted by molar-refractivity contribution is -0.385. The second-order valence-corrected chi connectivity index (χ2v) is 37.2. The first kappa shape index (κ1) is 120. The minimum atomic E-state index is -1.82. The second kappa shape index (κ2) is 58.9. The largest absolute Gasteiger partial charge is 0.493 e. The number of nitrogens with two attached hydrogens (primary N) is 1. The number of carboxylic acids is 2. The third-order valence-electron chi connectivity index (χ3n) is 23.9. The summed E-state index contributed by atoms with van der Waals surface area (Å²) < 4.78 is 48.1. The van der Waals surface area contributed by atoms with E-state index in [1.165, 1.54) is 82.4 Å². The Labute approximate surface area is 812 Å². The molecule has 15 N–H and O–H groups in total. The number of nitrogen functional groups attached to an aromatic ring is 1. The molecular weight excluding hydrogens is 1870 g/mol. The van der Waals surface area contributed by atoms with Gasteiger partial charge in [0, 0.05) is 154 Å². The number of halogens is 3. The van der Waals surface area contributed by atoms with Crippen molar-refractivity contribution in [3.8, 4) is 34.5 Å². The standard InChI is InChI=1S/C19H23Cl3N2O7.C16H20N2O7.C16H22N2O5.C7H13NO3.C7H15NO2.C7H14O2.C6H11NO3.C6H13NO2.C6H10O3/c1-4-11-5-12(26)8-24(11)17(27)13-6-15(29-3)16(31-10(2)25)7-14(13)23-18(28)30-9-19(20,21)22;1-4-10-5-11(20)8-17(10)16(21)12-6-14(24-3)15(25-9(2)19)7-13(12)18(22)23;1-4-10-5-11(20)8-18(10)16(21)12-6-14(22-3)15(7-13(12)17)23-9(2)19;1-8-4-5(9)3-6(8)7(10)11-2;1-8-4-7(9)3-6(8)5-10-2;1-9-5-6-2-3-7(8)4-6;1-7-3-4(8)2-5(7)6(9)10;1-7-3-6(9)2-5(7)4-8;7-5-2-1-4(3-5)6(8)9/h6-7,11-12,26H,4-5,8-9H2,1-3H3,(H,23,28);6-7,10-11,20H,4-5,8H2,1-3H3;6-7,10-11,20H,4-5,8,17H2,1-3H3;5-6,9H,3-4H2,1-2H3;6-7,9H,3-5H2,1-2H3;6-8H,2-5H2,1H3;4-5,8H,2-3H2,1H3,(H,9,10);5-6,8-9H,2-4H2,1H3;4-5,7H,1-3H2,(H,8,9)/t11-,12-;2*10-,11-;5-,6+;6-,7+;6-,7-;4-,5+;5-,6+;4-,5-/m111100100/s1. The molecule has 18 atom stereocenters. The molecule has 44 nitrogen and oxygen atoms in total. The molecule has 0 bridgehead atoms. The van der Waals surface area contributed by atoms with Gasteiger partial charge in [0.2, 0.25) is 3.79 Å². The lowest BCUT2D eigenvalue weighted by Crippen LogP contribution is -2.36. The Morgan fingerprint density at radius 2 is 0.832 bits per heavy atom. The number of carbonyl (C=O) groups excluding carboxylic acids is 8. The first-order valence-electron chi connectivity index (χ1n) is 45.0. The molecule has 776 valence electrons. The fourth-order valence-corrected chi connectivity index (χ4v) is 17.1. The summed E-state index contributed by atoms with van der Waals surface area (Å²) in [7, 11) is 16.3. The number of nitrogens with zero attached hydrogens (tertiary/aromatic N) is 8. The minimum Gasteiger partial charge on any atom is -0.493 e. The molecule has 137 heavy (non-hydrogen) atoms. The van der Waals surface area contributed by atoms with Crippen molar-refractivity contribution in [1.82, 2.24) is 34.3 Å². The van der Waals surface area contributed by atoms with Crippen LogP contribution in [-0.2, 0) is 47.7 Å². The summed E-state index contributed by atoms with van der Waals surface area (Å²) >= 11 is 16.7. The van der Waals surface area contributed by atoms with E-state index in [1.54, 1.807) is 43.0 Å². The van der Waals surface area contributed by atoms with Gasteiger partial charge in [0.1, 0.15) is 24.3 Å². The average Bonchev–Trinajstić information content (AvgIpc) is 1.73. The number of nitro groups is 1. The Morgan fingerprint density at radius 3 is 1.16 bits per heavy atom. The SMILES string of the molecule is CC[C@@H]1C[C@@H](O)CN1C(=O)c1cc(OC)c(OC(C)=O)cc1N.CC[C@@H]1C[C@@H](O)CN1C(=O)c1cc(OC)c(OC(C)=O)cc1NC(=O)OCC(Cl)(Cl)Cl.CC[C@@H]1C[C@@H](O)CN1C(=O)c1cc(OC)c(OC(C)=O)cc1[N+](=O)[O-].CN1C[C@H](O)C[C@H]1C(=O)O.CN1C[C@H](O)C[C@H]1CO.COC(=O)[C@@H]1C[C@@H](O)CN1C.COC[C@@H]1C[C@@H](O)CN1C.COC[C@H]1CC[C@H](O)C1.O=C(O)[C@H]1CC[C@H](O)C1. The van der Waals surface area contributed by atoms with Crippen LogP contribution in [0.1, 0.15) is 175 Å². The maximum absolute atomic E-state index is 13.3. The van der Waals surface area contributed by atoms with E-state index in [9.17, 15) is 78.5 Å². The van der Waals surface area contributed by atoms with Gasteiger partial charge in [0.05, 0.1) is 130 Å². The summed E-state index contributed by atoms with van der Waals surface area (Å²) in [6.45, 7) is 13.6. The highest BCUT2D eigenvalue weighted by Gasteiger charge is 2.42. The Kier molecular flexibility index (Phi) is 51.7. The number of methoxy groups -OCH3 is 6. The summed E-state index contributed by atoms with van der Waals surface area (Å²) in [5.74, 6) is -4.22. The number of nitrogens with one attached hydrogen (secondary N) is 1. The fraction of sp³-hybridized carbons (Fsp3) is 0.689. The number of amides is 4. The third-order valence-corrected chi connectivity index (χ3v) is 24.3. The molecule has 2 aliphatic carbocycles. The highest BCUT2D eigenvalue weighted by molar-refractivity contribution is 6.67. The molecule has 7 heterocycles. The van der Waals surface area contributed by atoms with E-state index in [0.717, 1.165) is 64.9 Å². The van der Waals surface area contributed by atoms with Gasteiger partial charge < -0.3 is 129 Å². The van der Waals surface area contributed by atoms with Crippen LogP contribution in [0.2, 0.25) is 0 Å². The quantitative estimate of drug-likeness (QED) is 0.0157. The van der Waals surface area contributed by atoms with E-state index in [-0.39, 0.29) is 167 Å². The molecule has 9 aliphatic rings. The molecule has 47 heteroatoms. The van der Waals surface area contributed by atoms with E-state index in [1.807, 2.05) is 39.8 Å². The number of carboxylic acid groups (broad SMARTS) is 2. The number of aliphatic hydroxyl groups is 10. The van der Waals surface area contributed by atoms with Crippen LogP contribution in [-0.4, -0.2) is 404 Å². The number of hydrogen-bond donors (Lipinski definition) is 14. The first-order valence-corrected chi connectivity index (χ1v) is 46.1. The van der Waals surface area contributed by atoms with Crippen LogP contribution < -0.4 is 39.5 Å². The normalized spacial score (nSPS) is 25.9. The maximum Gasteiger partial charge on any atom is 0.411 e.